The average Bonchev–Trinajstić information content (AvgIpc) is 2.52. The topological polar surface area (TPSA) is 71.0 Å². The second kappa shape index (κ2) is 10.0. The Kier molecular flexibility index (Phi) is 8.75. The smallest absolute Gasteiger partial charge is 0.122 e. The van der Waals surface area contributed by atoms with Gasteiger partial charge in [-0.25, -0.2) is 0 Å². The maximum Gasteiger partial charge on any atom is 0.122 e. The minimum atomic E-state index is -0.981. The Balaban J connectivity index is 0.00000242. The maximum absolute atomic E-state index is 10.1. The number of methoxy groups -OCH3 is 1. The third kappa shape index (κ3) is 5.41. The van der Waals surface area contributed by atoms with E-state index in [0.717, 1.165) is 37.1 Å². The Morgan fingerprint density at radius 2 is 2.00 bits per heavy atom. The van der Waals surface area contributed by atoms with Crippen LogP contribution in [-0.2, 0) is 11.2 Å². The van der Waals surface area contributed by atoms with Crippen LogP contribution >= 0.6 is 12.4 Å². The first kappa shape index (κ1) is 19.2. The highest BCUT2D eigenvalue weighted by atomic mass is 35.5. The van der Waals surface area contributed by atoms with Gasteiger partial charge in [0, 0.05) is 13.7 Å². The van der Waals surface area contributed by atoms with Gasteiger partial charge in [-0.1, -0.05) is 18.2 Å². The van der Waals surface area contributed by atoms with Crippen LogP contribution in [0.2, 0.25) is 0 Å². The van der Waals surface area contributed by atoms with Crippen molar-refractivity contribution in [1.29, 1.82) is 0 Å². The molecule has 0 aromatic heterocycles. The molecule has 0 spiro atoms. The standard InChI is InChI=1S/C16H25NO4.ClH/c1-20-15-10-17-9-5-4-7-12-6-2-3-8-14(12)21-11-13(18)16(15)19;/h2-3,6,8,13,15-19H,4-5,7,9-11H2,1H3;1H/t13-,15+,16-;/m1./s1. The van der Waals surface area contributed by atoms with Crippen LogP contribution in [0.25, 0.3) is 0 Å². The minimum Gasteiger partial charge on any atom is -0.491 e. The normalized spacial score (nSPS) is 27.1. The number of aliphatic hydroxyl groups excluding tert-OH is 2. The SMILES string of the molecule is CO[C@H]1CNCCCCc2ccccc2OC[C@@H](O)[C@H]1O.Cl. The fourth-order valence-corrected chi connectivity index (χ4v) is 2.53. The molecule has 3 atom stereocenters. The molecule has 0 saturated heterocycles. The van der Waals surface area contributed by atoms with E-state index in [1.807, 2.05) is 24.3 Å². The third-order valence-corrected chi connectivity index (χ3v) is 3.86. The molecule has 1 aliphatic heterocycles. The molecule has 0 fully saturated rings. The van der Waals surface area contributed by atoms with E-state index in [-0.39, 0.29) is 19.0 Å². The zero-order chi connectivity index (χ0) is 15.1. The summed E-state index contributed by atoms with van der Waals surface area (Å²) in [7, 11) is 1.54. The molecule has 0 bridgehead atoms. The summed E-state index contributed by atoms with van der Waals surface area (Å²) in [5, 5.41) is 23.5. The van der Waals surface area contributed by atoms with Crippen LogP contribution in [0.15, 0.2) is 24.3 Å². The highest BCUT2D eigenvalue weighted by Gasteiger charge is 2.27. The van der Waals surface area contributed by atoms with E-state index in [0.29, 0.717) is 6.54 Å². The lowest BCUT2D eigenvalue weighted by molar-refractivity contribution is -0.0850. The lowest BCUT2D eigenvalue weighted by Crippen LogP contribution is -2.46. The lowest BCUT2D eigenvalue weighted by atomic mass is 10.1. The van der Waals surface area contributed by atoms with Crippen LogP contribution in [0.5, 0.6) is 5.75 Å². The van der Waals surface area contributed by atoms with E-state index in [2.05, 4.69) is 5.32 Å². The summed E-state index contributed by atoms with van der Waals surface area (Å²) in [6, 6.07) is 7.85. The van der Waals surface area contributed by atoms with Gasteiger partial charge in [0.1, 0.15) is 24.6 Å². The highest BCUT2D eigenvalue weighted by Crippen LogP contribution is 2.21. The summed E-state index contributed by atoms with van der Waals surface area (Å²) in [5.41, 5.74) is 1.14. The Morgan fingerprint density at radius 3 is 2.77 bits per heavy atom. The quantitative estimate of drug-likeness (QED) is 0.720. The van der Waals surface area contributed by atoms with Crippen molar-refractivity contribution in [3.05, 3.63) is 29.8 Å². The molecule has 2 rings (SSSR count). The third-order valence-electron chi connectivity index (χ3n) is 3.86. The molecule has 0 amide bonds. The van der Waals surface area contributed by atoms with E-state index < -0.39 is 18.3 Å². The molecule has 1 aliphatic rings. The van der Waals surface area contributed by atoms with Gasteiger partial charge >= 0.3 is 0 Å². The molecule has 126 valence electrons. The number of hydrogen-bond donors (Lipinski definition) is 3. The maximum atomic E-state index is 10.1. The number of ether oxygens (including phenoxy) is 2. The van der Waals surface area contributed by atoms with Crippen LogP contribution in [0, 0.1) is 0 Å². The van der Waals surface area contributed by atoms with Crippen LogP contribution in [0.1, 0.15) is 18.4 Å². The first-order valence-electron chi connectivity index (χ1n) is 7.52. The van der Waals surface area contributed by atoms with Gasteiger partial charge in [-0.3, -0.25) is 0 Å². The van der Waals surface area contributed by atoms with Gasteiger partial charge in [0.15, 0.2) is 0 Å². The minimum absolute atomic E-state index is 0. The van der Waals surface area contributed by atoms with E-state index in [9.17, 15) is 10.2 Å². The summed E-state index contributed by atoms with van der Waals surface area (Å²) in [5.74, 6) is 0.782. The Labute approximate surface area is 138 Å². The molecule has 1 aromatic carbocycles. The van der Waals surface area contributed by atoms with Crippen molar-refractivity contribution < 1.29 is 19.7 Å². The number of benzene rings is 1. The summed E-state index contributed by atoms with van der Waals surface area (Å²) in [6.07, 6.45) is 0.657. The molecule has 6 heteroatoms. The van der Waals surface area contributed by atoms with Crippen molar-refractivity contribution in [2.75, 3.05) is 26.8 Å². The van der Waals surface area contributed by atoms with Crippen LogP contribution in [0.4, 0.5) is 0 Å². The fraction of sp³-hybridized carbons (Fsp3) is 0.625. The van der Waals surface area contributed by atoms with E-state index in [1.54, 1.807) is 0 Å². The first-order valence-corrected chi connectivity index (χ1v) is 7.52. The van der Waals surface area contributed by atoms with Crippen LogP contribution in [-0.4, -0.2) is 55.3 Å². The molecule has 0 unspecified atom stereocenters. The van der Waals surface area contributed by atoms with Crippen molar-refractivity contribution in [3.8, 4) is 5.75 Å². The molecule has 22 heavy (non-hydrogen) atoms. The van der Waals surface area contributed by atoms with Gasteiger partial charge in [-0.15, -0.1) is 12.4 Å². The van der Waals surface area contributed by atoms with Gasteiger partial charge in [0.05, 0.1) is 6.10 Å². The summed E-state index contributed by atoms with van der Waals surface area (Å²) in [4.78, 5) is 0. The van der Waals surface area contributed by atoms with Gasteiger partial charge in [0.2, 0.25) is 0 Å². The number of fused-ring (bicyclic) bond motifs is 1. The summed E-state index contributed by atoms with van der Waals surface area (Å²) in [6.45, 7) is 1.44. The summed E-state index contributed by atoms with van der Waals surface area (Å²) < 4.78 is 10.9. The first-order chi connectivity index (χ1) is 10.2. The predicted octanol–water partition coefficient (Wildman–Crippen LogP) is 1.15. The van der Waals surface area contributed by atoms with Crippen LogP contribution in [0.3, 0.4) is 0 Å². The van der Waals surface area contributed by atoms with Crippen molar-refractivity contribution in [2.24, 2.45) is 0 Å². The van der Waals surface area contributed by atoms with Crippen LogP contribution < -0.4 is 10.1 Å². The fourth-order valence-electron chi connectivity index (χ4n) is 2.53. The van der Waals surface area contributed by atoms with Gasteiger partial charge in [0.25, 0.3) is 0 Å². The summed E-state index contributed by atoms with van der Waals surface area (Å²) >= 11 is 0. The van der Waals surface area contributed by atoms with Crippen molar-refractivity contribution in [2.45, 2.75) is 37.6 Å². The number of aliphatic hydroxyl groups is 2. The zero-order valence-electron chi connectivity index (χ0n) is 12.9. The average molecular weight is 332 g/mol. The number of halogens is 1. The van der Waals surface area contributed by atoms with E-state index >= 15 is 0 Å². The molecule has 0 radical (unpaired) electrons. The number of para-hydroxylation sites is 1. The number of rotatable bonds is 1. The second-order valence-electron chi connectivity index (χ2n) is 5.41. The lowest BCUT2D eigenvalue weighted by Gasteiger charge is -2.26. The van der Waals surface area contributed by atoms with Crippen molar-refractivity contribution in [3.63, 3.8) is 0 Å². The van der Waals surface area contributed by atoms with Gasteiger partial charge in [-0.05, 0) is 37.4 Å². The second-order valence-corrected chi connectivity index (χ2v) is 5.41. The Hall–Kier alpha value is -0.850. The largest absolute Gasteiger partial charge is 0.491 e. The predicted molar refractivity (Wildman–Crippen MR) is 87.8 cm³/mol. The molecular weight excluding hydrogens is 306 g/mol. The Bertz CT molecular complexity index is 432. The number of nitrogens with one attached hydrogen (secondary N) is 1. The van der Waals surface area contributed by atoms with Crippen molar-refractivity contribution >= 4 is 12.4 Å². The number of hydrogen-bond acceptors (Lipinski definition) is 5. The van der Waals surface area contributed by atoms with Gasteiger partial charge in [-0.2, -0.15) is 0 Å². The highest BCUT2D eigenvalue weighted by molar-refractivity contribution is 5.85. The Morgan fingerprint density at radius 1 is 1.23 bits per heavy atom. The molecule has 1 aromatic rings. The molecule has 3 N–H and O–H groups in total. The molecule has 1 heterocycles. The zero-order valence-corrected chi connectivity index (χ0v) is 13.7. The molecule has 0 aliphatic carbocycles. The molecule has 5 nitrogen and oxygen atoms in total. The molecular formula is C16H26ClNO4. The molecule has 0 saturated carbocycles. The van der Waals surface area contributed by atoms with Gasteiger partial charge < -0.3 is 25.0 Å². The van der Waals surface area contributed by atoms with Crippen molar-refractivity contribution in [1.82, 2.24) is 5.32 Å². The van der Waals surface area contributed by atoms with E-state index in [1.165, 1.54) is 7.11 Å². The van der Waals surface area contributed by atoms with E-state index in [4.69, 9.17) is 9.47 Å². The number of aryl methyl sites for hydroxylation is 1. The monoisotopic (exact) mass is 331 g/mol.